The van der Waals surface area contributed by atoms with Crippen LogP contribution in [0.1, 0.15) is 13.8 Å². The highest BCUT2D eigenvalue weighted by Gasteiger charge is 2.26. The molecule has 0 aliphatic carbocycles. The number of hydrogen-bond acceptors (Lipinski definition) is 6. The Morgan fingerprint density at radius 3 is 2.55 bits per heavy atom. The molecule has 1 N–H and O–H groups in total. The topological polar surface area (TPSA) is 84.2 Å². The second-order valence-electron chi connectivity index (χ2n) is 4.43. The van der Waals surface area contributed by atoms with E-state index in [-0.39, 0.29) is 23.0 Å². The van der Waals surface area contributed by atoms with Gasteiger partial charge < -0.3 is 10.2 Å². The average molecular weight is 305 g/mol. The Balaban J connectivity index is 2.50. The minimum absolute atomic E-state index is 0.0352. The van der Waals surface area contributed by atoms with E-state index in [9.17, 15) is 14.5 Å². The molecule has 0 fully saturated rings. The maximum absolute atomic E-state index is 13.7. The number of benzene rings is 1. The Kier molecular flexibility index (Phi) is 4.82. The first-order chi connectivity index (χ1) is 10.6. The number of rotatable bonds is 6. The fourth-order valence-corrected chi connectivity index (χ4v) is 2.07. The Bertz CT molecular complexity index is 676. The molecule has 7 nitrogen and oxygen atoms in total. The fraction of sp³-hybridized carbons (Fsp3) is 0.286. The molecule has 0 bridgehead atoms. The van der Waals surface area contributed by atoms with E-state index in [4.69, 9.17) is 0 Å². The summed E-state index contributed by atoms with van der Waals surface area (Å²) in [6, 6.07) is 5.92. The second-order valence-corrected chi connectivity index (χ2v) is 4.43. The molecule has 0 aliphatic rings. The molecule has 0 spiro atoms. The van der Waals surface area contributed by atoms with Crippen molar-refractivity contribution in [2.75, 3.05) is 23.3 Å². The van der Waals surface area contributed by atoms with Gasteiger partial charge in [0.25, 0.3) is 0 Å². The lowest BCUT2D eigenvalue weighted by Gasteiger charge is -2.20. The van der Waals surface area contributed by atoms with E-state index in [2.05, 4.69) is 15.3 Å². The molecule has 22 heavy (non-hydrogen) atoms. The first kappa shape index (κ1) is 15.6. The van der Waals surface area contributed by atoms with Crippen molar-refractivity contribution in [3.05, 3.63) is 46.5 Å². The molecule has 0 atom stereocenters. The van der Waals surface area contributed by atoms with Crippen LogP contribution in [0.2, 0.25) is 0 Å². The maximum Gasteiger partial charge on any atom is 0.353 e. The zero-order chi connectivity index (χ0) is 16.1. The van der Waals surface area contributed by atoms with E-state index in [0.29, 0.717) is 13.1 Å². The summed E-state index contributed by atoms with van der Waals surface area (Å²) in [5, 5.41) is 14.1. The highest BCUT2D eigenvalue weighted by atomic mass is 19.1. The van der Waals surface area contributed by atoms with Gasteiger partial charge in [-0.3, -0.25) is 10.1 Å². The molecule has 116 valence electrons. The van der Waals surface area contributed by atoms with Crippen molar-refractivity contribution in [1.82, 2.24) is 9.97 Å². The van der Waals surface area contributed by atoms with E-state index in [1.165, 1.54) is 24.5 Å². The van der Waals surface area contributed by atoms with Crippen molar-refractivity contribution in [3.63, 3.8) is 0 Å². The van der Waals surface area contributed by atoms with Gasteiger partial charge in [0, 0.05) is 13.1 Å². The molecule has 2 aromatic rings. The summed E-state index contributed by atoms with van der Waals surface area (Å²) in [6.07, 6.45) is 1.23. The monoisotopic (exact) mass is 305 g/mol. The normalized spacial score (nSPS) is 10.3. The molecular formula is C14H16FN5O2. The van der Waals surface area contributed by atoms with Crippen molar-refractivity contribution in [2.45, 2.75) is 13.8 Å². The summed E-state index contributed by atoms with van der Waals surface area (Å²) >= 11 is 0. The largest absolute Gasteiger partial charge is 0.353 e. The molecule has 0 saturated carbocycles. The third-order valence-corrected chi connectivity index (χ3v) is 3.18. The molecule has 1 aromatic heterocycles. The summed E-state index contributed by atoms with van der Waals surface area (Å²) in [4.78, 5) is 20.5. The second kappa shape index (κ2) is 6.79. The fourth-order valence-electron chi connectivity index (χ4n) is 2.07. The standard InChI is InChI=1S/C14H16FN5O2/c1-3-19(4-2)14-12(20(21)22)13(16-9-17-14)18-11-8-6-5-7-10(11)15/h5-9H,3-4H2,1-2H3,(H,16,17,18). The first-order valence-corrected chi connectivity index (χ1v) is 6.84. The predicted octanol–water partition coefficient (Wildman–Crippen LogP) is 3.11. The number of aromatic nitrogens is 2. The molecule has 0 amide bonds. The van der Waals surface area contributed by atoms with Gasteiger partial charge >= 0.3 is 5.69 Å². The van der Waals surface area contributed by atoms with Crippen LogP contribution in [-0.2, 0) is 0 Å². The van der Waals surface area contributed by atoms with Crippen molar-refractivity contribution in [3.8, 4) is 0 Å². The van der Waals surface area contributed by atoms with E-state index < -0.39 is 10.7 Å². The van der Waals surface area contributed by atoms with Crippen molar-refractivity contribution in [1.29, 1.82) is 0 Å². The average Bonchev–Trinajstić information content (AvgIpc) is 2.51. The number of nitro groups is 1. The lowest BCUT2D eigenvalue weighted by molar-refractivity contribution is -0.383. The van der Waals surface area contributed by atoms with Gasteiger partial charge in [-0.1, -0.05) is 12.1 Å². The SMILES string of the molecule is CCN(CC)c1ncnc(Nc2ccccc2F)c1[N+](=O)[O-]. The highest BCUT2D eigenvalue weighted by molar-refractivity contribution is 5.74. The van der Waals surface area contributed by atoms with Gasteiger partial charge in [0.05, 0.1) is 10.6 Å². The van der Waals surface area contributed by atoms with Gasteiger partial charge in [-0.05, 0) is 26.0 Å². The number of nitrogens with zero attached hydrogens (tertiary/aromatic N) is 4. The van der Waals surface area contributed by atoms with Gasteiger partial charge in [-0.15, -0.1) is 0 Å². The van der Waals surface area contributed by atoms with Gasteiger partial charge in [0.15, 0.2) is 0 Å². The molecular weight excluding hydrogens is 289 g/mol. The molecule has 0 saturated heterocycles. The molecule has 1 heterocycles. The Hall–Kier alpha value is -2.77. The molecule has 0 aliphatic heterocycles. The van der Waals surface area contributed by atoms with Crippen LogP contribution in [-0.4, -0.2) is 28.0 Å². The lowest BCUT2D eigenvalue weighted by Crippen LogP contribution is -2.24. The van der Waals surface area contributed by atoms with E-state index >= 15 is 0 Å². The number of anilines is 3. The minimum atomic E-state index is -0.559. The number of halogens is 1. The molecule has 0 radical (unpaired) electrons. The van der Waals surface area contributed by atoms with E-state index in [0.717, 1.165) is 0 Å². The van der Waals surface area contributed by atoms with Crippen molar-refractivity contribution in [2.24, 2.45) is 0 Å². The third kappa shape index (κ3) is 3.11. The minimum Gasteiger partial charge on any atom is -0.351 e. The van der Waals surface area contributed by atoms with Crippen LogP contribution < -0.4 is 10.2 Å². The van der Waals surface area contributed by atoms with Crippen LogP contribution in [0.3, 0.4) is 0 Å². The highest BCUT2D eigenvalue weighted by Crippen LogP contribution is 2.33. The third-order valence-electron chi connectivity index (χ3n) is 3.18. The van der Waals surface area contributed by atoms with Crippen molar-refractivity contribution < 1.29 is 9.31 Å². The summed E-state index contributed by atoms with van der Waals surface area (Å²) in [6.45, 7) is 4.87. The summed E-state index contributed by atoms with van der Waals surface area (Å²) in [7, 11) is 0. The van der Waals surface area contributed by atoms with Gasteiger partial charge in [-0.2, -0.15) is 0 Å². The Morgan fingerprint density at radius 1 is 1.27 bits per heavy atom. The maximum atomic E-state index is 13.7. The number of nitrogens with one attached hydrogen (secondary N) is 1. The summed E-state index contributed by atoms with van der Waals surface area (Å²) in [5.41, 5.74) is -0.149. The Labute approximate surface area is 127 Å². The van der Waals surface area contributed by atoms with Gasteiger partial charge in [0.1, 0.15) is 12.1 Å². The molecule has 1 aromatic carbocycles. The Morgan fingerprint density at radius 2 is 1.95 bits per heavy atom. The van der Waals surface area contributed by atoms with Crippen LogP contribution in [0.5, 0.6) is 0 Å². The van der Waals surface area contributed by atoms with Gasteiger partial charge in [-0.25, -0.2) is 14.4 Å². The molecule has 8 heteroatoms. The number of hydrogen-bond donors (Lipinski definition) is 1. The zero-order valence-corrected chi connectivity index (χ0v) is 12.3. The summed E-state index contributed by atoms with van der Waals surface area (Å²) < 4.78 is 13.7. The lowest BCUT2D eigenvalue weighted by atomic mass is 10.3. The first-order valence-electron chi connectivity index (χ1n) is 6.84. The summed E-state index contributed by atoms with van der Waals surface area (Å²) in [5.74, 6) is -0.337. The van der Waals surface area contributed by atoms with Crippen molar-refractivity contribution >= 4 is 23.0 Å². The van der Waals surface area contributed by atoms with E-state index in [1.807, 2.05) is 13.8 Å². The van der Waals surface area contributed by atoms with Crippen LogP contribution in [0.15, 0.2) is 30.6 Å². The van der Waals surface area contributed by atoms with Crippen LogP contribution in [0.4, 0.5) is 27.4 Å². The van der Waals surface area contributed by atoms with Crippen LogP contribution in [0, 0.1) is 15.9 Å². The van der Waals surface area contributed by atoms with Crippen LogP contribution >= 0.6 is 0 Å². The smallest absolute Gasteiger partial charge is 0.351 e. The van der Waals surface area contributed by atoms with E-state index in [1.54, 1.807) is 11.0 Å². The molecule has 0 unspecified atom stereocenters. The number of para-hydroxylation sites is 1. The quantitative estimate of drug-likeness (QED) is 0.652. The zero-order valence-electron chi connectivity index (χ0n) is 12.3. The van der Waals surface area contributed by atoms with Gasteiger partial charge in [0.2, 0.25) is 11.6 Å². The predicted molar refractivity (Wildman–Crippen MR) is 81.9 cm³/mol. The molecule has 2 rings (SSSR count). The van der Waals surface area contributed by atoms with Crippen LogP contribution in [0.25, 0.3) is 0 Å².